The highest BCUT2D eigenvalue weighted by Crippen LogP contribution is 2.12. The molecular weight excluding hydrogens is 320 g/mol. The number of rotatable bonds is 20. The number of ether oxygens (including phenoxy) is 1. The number of allylic oxidation sites excluding steroid dienone is 2. The van der Waals surface area contributed by atoms with Crippen LogP contribution >= 0.6 is 0 Å². The number of carbonyl (C=O) groups is 1. The van der Waals surface area contributed by atoms with Crippen LogP contribution in [0.15, 0.2) is 12.2 Å². The molecule has 26 heavy (non-hydrogen) atoms. The first kappa shape index (κ1) is 25.2. The SMILES string of the molecule is CCCCCCCC/C=C\CCCCCCCCCCCC(=O)OCC. The molecule has 0 rings (SSSR count). The predicted octanol–water partition coefficient (Wildman–Crippen LogP) is 8.15. The van der Waals surface area contributed by atoms with E-state index in [2.05, 4.69) is 19.1 Å². The quantitative estimate of drug-likeness (QED) is 0.123. The summed E-state index contributed by atoms with van der Waals surface area (Å²) < 4.78 is 4.94. The van der Waals surface area contributed by atoms with Gasteiger partial charge in [0.05, 0.1) is 6.61 Å². The summed E-state index contributed by atoms with van der Waals surface area (Å²) in [5.41, 5.74) is 0. The largest absolute Gasteiger partial charge is 0.466 e. The van der Waals surface area contributed by atoms with E-state index in [1.54, 1.807) is 0 Å². The standard InChI is InChI=1S/C24H46O2/c1-3-5-6-7-8-9-10-11-12-13-14-15-16-17-18-19-20-21-22-23-24(25)26-4-2/h11-12H,3-10,13-23H2,1-2H3/b12-11-. The molecule has 0 aromatic carbocycles. The minimum atomic E-state index is -0.0338. The number of unbranched alkanes of at least 4 members (excludes halogenated alkanes) is 15. The van der Waals surface area contributed by atoms with Crippen molar-refractivity contribution in [3.8, 4) is 0 Å². The molecule has 0 N–H and O–H groups in total. The van der Waals surface area contributed by atoms with E-state index in [0.717, 1.165) is 6.42 Å². The Balaban J connectivity index is 3.10. The monoisotopic (exact) mass is 366 g/mol. The van der Waals surface area contributed by atoms with Gasteiger partial charge in [0.2, 0.25) is 0 Å². The topological polar surface area (TPSA) is 26.3 Å². The lowest BCUT2D eigenvalue weighted by Gasteiger charge is -2.03. The van der Waals surface area contributed by atoms with Gasteiger partial charge in [0, 0.05) is 6.42 Å². The van der Waals surface area contributed by atoms with Crippen LogP contribution in [0.3, 0.4) is 0 Å². The van der Waals surface area contributed by atoms with Crippen LogP contribution in [0.5, 0.6) is 0 Å². The molecule has 0 saturated heterocycles. The third-order valence-corrected chi connectivity index (χ3v) is 4.95. The first-order valence-corrected chi connectivity index (χ1v) is 11.6. The molecule has 154 valence electrons. The molecule has 0 aliphatic heterocycles. The van der Waals surface area contributed by atoms with Gasteiger partial charge in [-0.15, -0.1) is 0 Å². The molecule has 0 fully saturated rings. The predicted molar refractivity (Wildman–Crippen MR) is 115 cm³/mol. The first-order valence-electron chi connectivity index (χ1n) is 11.6. The fraction of sp³-hybridized carbons (Fsp3) is 0.875. The van der Waals surface area contributed by atoms with Crippen molar-refractivity contribution in [2.24, 2.45) is 0 Å². The maximum Gasteiger partial charge on any atom is 0.305 e. The summed E-state index contributed by atoms with van der Waals surface area (Å²) in [5, 5.41) is 0. The molecule has 0 aliphatic carbocycles. The molecule has 0 radical (unpaired) electrons. The zero-order valence-electron chi connectivity index (χ0n) is 17.9. The lowest BCUT2D eigenvalue weighted by atomic mass is 10.1. The Bertz CT molecular complexity index is 309. The minimum Gasteiger partial charge on any atom is -0.466 e. The van der Waals surface area contributed by atoms with Crippen LogP contribution in [0.1, 0.15) is 129 Å². The van der Waals surface area contributed by atoms with Crippen LogP contribution in [-0.4, -0.2) is 12.6 Å². The molecule has 0 aromatic heterocycles. The minimum absolute atomic E-state index is 0.0338. The summed E-state index contributed by atoms with van der Waals surface area (Å²) in [5.74, 6) is -0.0338. The van der Waals surface area contributed by atoms with Gasteiger partial charge in [-0.3, -0.25) is 4.79 Å². The lowest BCUT2D eigenvalue weighted by Crippen LogP contribution is -2.03. The van der Waals surface area contributed by atoms with Crippen LogP contribution in [0.2, 0.25) is 0 Å². The highest BCUT2D eigenvalue weighted by atomic mass is 16.5. The summed E-state index contributed by atoms with van der Waals surface area (Å²) in [7, 11) is 0. The van der Waals surface area contributed by atoms with Gasteiger partial charge in [0.25, 0.3) is 0 Å². The van der Waals surface area contributed by atoms with Crippen LogP contribution < -0.4 is 0 Å². The van der Waals surface area contributed by atoms with Crippen molar-refractivity contribution in [3.63, 3.8) is 0 Å². The van der Waals surface area contributed by atoms with E-state index in [1.165, 1.54) is 103 Å². The second-order valence-electron chi connectivity index (χ2n) is 7.55. The maximum absolute atomic E-state index is 11.2. The Morgan fingerprint density at radius 2 is 1.04 bits per heavy atom. The second kappa shape index (κ2) is 22.3. The fourth-order valence-corrected chi connectivity index (χ4v) is 3.28. The molecule has 2 heteroatoms. The molecule has 0 bridgehead atoms. The zero-order valence-corrected chi connectivity index (χ0v) is 17.9. The van der Waals surface area contributed by atoms with E-state index < -0.39 is 0 Å². The summed E-state index contributed by atoms with van der Waals surface area (Å²) in [6, 6.07) is 0. The summed E-state index contributed by atoms with van der Waals surface area (Å²) in [6.07, 6.45) is 27.9. The highest BCUT2D eigenvalue weighted by molar-refractivity contribution is 5.69. The van der Waals surface area contributed by atoms with Crippen LogP contribution in [0.4, 0.5) is 0 Å². The Labute approximate surface area is 164 Å². The van der Waals surface area contributed by atoms with Crippen molar-refractivity contribution in [1.82, 2.24) is 0 Å². The van der Waals surface area contributed by atoms with Gasteiger partial charge in [0.1, 0.15) is 0 Å². The second-order valence-corrected chi connectivity index (χ2v) is 7.55. The van der Waals surface area contributed by atoms with Crippen molar-refractivity contribution in [3.05, 3.63) is 12.2 Å². The normalized spacial score (nSPS) is 11.3. The number of esters is 1. The fourth-order valence-electron chi connectivity index (χ4n) is 3.28. The molecule has 0 spiro atoms. The molecule has 0 heterocycles. The number of carbonyl (C=O) groups excluding carboxylic acids is 1. The van der Waals surface area contributed by atoms with Gasteiger partial charge < -0.3 is 4.74 Å². The average Bonchev–Trinajstić information content (AvgIpc) is 2.64. The first-order chi connectivity index (χ1) is 12.8. The lowest BCUT2D eigenvalue weighted by molar-refractivity contribution is -0.143. The van der Waals surface area contributed by atoms with Crippen LogP contribution in [0, 0.1) is 0 Å². The maximum atomic E-state index is 11.2. The van der Waals surface area contributed by atoms with E-state index in [0.29, 0.717) is 13.0 Å². The van der Waals surface area contributed by atoms with E-state index in [9.17, 15) is 4.79 Å². The van der Waals surface area contributed by atoms with Gasteiger partial charge in [-0.05, 0) is 39.0 Å². The Hall–Kier alpha value is -0.790. The van der Waals surface area contributed by atoms with Crippen molar-refractivity contribution >= 4 is 5.97 Å². The number of hydrogen-bond donors (Lipinski definition) is 0. The molecule has 0 atom stereocenters. The Morgan fingerprint density at radius 1 is 0.615 bits per heavy atom. The van der Waals surface area contributed by atoms with Gasteiger partial charge in [0.15, 0.2) is 0 Å². The van der Waals surface area contributed by atoms with Crippen molar-refractivity contribution in [2.45, 2.75) is 129 Å². The van der Waals surface area contributed by atoms with E-state index in [4.69, 9.17) is 4.74 Å². The Kier molecular flexibility index (Phi) is 21.6. The van der Waals surface area contributed by atoms with Gasteiger partial charge in [-0.1, -0.05) is 96.1 Å². The summed E-state index contributed by atoms with van der Waals surface area (Å²) >= 11 is 0. The van der Waals surface area contributed by atoms with Crippen molar-refractivity contribution in [1.29, 1.82) is 0 Å². The molecule has 0 amide bonds. The summed E-state index contributed by atoms with van der Waals surface area (Å²) in [4.78, 5) is 11.2. The van der Waals surface area contributed by atoms with E-state index >= 15 is 0 Å². The third kappa shape index (κ3) is 21.3. The molecule has 0 aromatic rings. The highest BCUT2D eigenvalue weighted by Gasteiger charge is 2.00. The molecule has 0 saturated carbocycles. The van der Waals surface area contributed by atoms with Crippen LogP contribution in [-0.2, 0) is 9.53 Å². The van der Waals surface area contributed by atoms with E-state index in [-0.39, 0.29) is 5.97 Å². The molecule has 2 nitrogen and oxygen atoms in total. The molecule has 0 unspecified atom stereocenters. The Morgan fingerprint density at radius 3 is 1.50 bits per heavy atom. The third-order valence-electron chi connectivity index (χ3n) is 4.95. The van der Waals surface area contributed by atoms with Crippen molar-refractivity contribution in [2.75, 3.05) is 6.61 Å². The van der Waals surface area contributed by atoms with Crippen molar-refractivity contribution < 1.29 is 9.53 Å². The zero-order chi connectivity index (χ0) is 19.1. The van der Waals surface area contributed by atoms with E-state index in [1.807, 2.05) is 6.92 Å². The van der Waals surface area contributed by atoms with Gasteiger partial charge in [-0.25, -0.2) is 0 Å². The molecular formula is C24H46O2. The average molecular weight is 367 g/mol. The van der Waals surface area contributed by atoms with Gasteiger partial charge in [-0.2, -0.15) is 0 Å². The smallest absolute Gasteiger partial charge is 0.305 e. The number of hydrogen-bond acceptors (Lipinski definition) is 2. The molecule has 0 aliphatic rings. The van der Waals surface area contributed by atoms with Gasteiger partial charge >= 0.3 is 5.97 Å². The van der Waals surface area contributed by atoms with Crippen LogP contribution in [0.25, 0.3) is 0 Å². The summed E-state index contributed by atoms with van der Waals surface area (Å²) in [6.45, 7) is 4.65.